The van der Waals surface area contributed by atoms with Gasteiger partial charge in [-0.1, -0.05) is 0 Å². The predicted molar refractivity (Wildman–Crippen MR) is 118 cm³/mol. The van der Waals surface area contributed by atoms with Crippen molar-refractivity contribution in [3.8, 4) is 11.5 Å². The molecule has 158 valence electrons. The molecule has 0 fully saturated rings. The average Bonchev–Trinajstić information content (AvgIpc) is 2.76. The van der Waals surface area contributed by atoms with Crippen LogP contribution >= 0.6 is 11.8 Å². The predicted octanol–water partition coefficient (Wildman–Crippen LogP) is 3.15. The monoisotopic (exact) mass is 446 g/mol. The van der Waals surface area contributed by atoms with E-state index in [1.54, 1.807) is 32.4 Å². The van der Waals surface area contributed by atoms with E-state index in [1.807, 2.05) is 18.4 Å². The van der Waals surface area contributed by atoms with E-state index in [4.69, 9.17) is 9.47 Å². The summed E-state index contributed by atoms with van der Waals surface area (Å²) < 4.78 is 39.4. The zero-order valence-electron chi connectivity index (χ0n) is 16.8. The van der Waals surface area contributed by atoms with Gasteiger partial charge in [0.25, 0.3) is 0 Å². The van der Waals surface area contributed by atoms with Crippen LogP contribution in [0, 0.1) is 0 Å². The maximum atomic E-state index is 13.5. The molecule has 1 N–H and O–H groups in total. The second kappa shape index (κ2) is 7.98. The van der Waals surface area contributed by atoms with Gasteiger partial charge in [-0.2, -0.15) is 4.31 Å². The van der Waals surface area contributed by atoms with Gasteiger partial charge >= 0.3 is 0 Å². The highest BCUT2D eigenvalue weighted by Gasteiger charge is 2.37. The van der Waals surface area contributed by atoms with Crippen LogP contribution in [0.15, 0.2) is 52.2 Å². The van der Waals surface area contributed by atoms with Crippen molar-refractivity contribution in [2.75, 3.05) is 27.0 Å². The van der Waals surface area contributed by atoms with Crippen molar-refractivity contribution in [3.63, 3.8) is 0 Å². The Hall–Kier alpha value is -2.49. The maximum Gasteiger partial charge on any atom is 0.248 e. The first kappa shape index (κ1) is 20.8. The summed E-state index contributed by atoms with van der Waals surface area (Å²) in [4.78, 5) is 14.4. The molecule has 4 rings (SSSR count). The fraction of sp³-hybridized carbons (Fsp3) is 0.286. The molecular weight excluding hydrogens is 424 g/mol. The third-order valence-electron chi connectivity index (χ3n) is 5.30. The summed E-state index contributed by atoms with van der Waals surface area (Å²) in [5.74, 6) is 1.21. The van der Waals surface area contributed by atoms with Crippen molar-refractivity contribution in [2.24, 2.45) is 0 Å². The second-order valence-corrected chi connectivity index (χ2v) is 9.74. The first-order valence-corrected chi connectivity index (χ1v) is 12.0. The smallest absolute Gasteiger partial charge is 0.248 e. The summed E-state index contributed by atoms with van der Waals surface area (Å²) in [6, 6.07) is 11.6. The van der Waals surface area contributed by atoms with E-state index in [2.05, 4.69) is 4.98 Å². The molecule has 0 radical (unpaired) electrons. The minimum absolute atomic E-state index is 0.199. The molecule has 2 heterocycles. The number of aromatic nitrogens is 1. The highest BCUT2D eigenvalue weighted by molar-refractivity contribution is 7.99. The van der Waals surface area contributed by atoms with Crippen LogP contribution < -0.4 is 15.0 Å². The number of hydrogen-bond acceptors (Lipinski definition) is 6. The van der Waals surface area contributed by atoms with Gasteiger partial charge in [0.1, 0.15) is 0 Å². The zero-order chi connectivity index (χ0) is 21.5. The van der Waals surface area contributed by atoms with E-state index in [1.165, 1.54) is 28.2 Å². The number of fused-ring (bicyclic) bond motifs is 2. The SMILES string of the molecule is COc1cc2c(cc1OC)C(SC)N(S(=O)(=O)c1ccc3[nH]c(=O)ccc3c1)CC2. The molecule has 0 spiro atoms. The van der Waals surface area contributed by atoms with Crippen LogP contribution in [-0.2, 0) is 16.4 Å². The normalized spacial score (nSPS) is 17.0. The Morgan fingerprint density at radius 2 is 1.80 bits per heavy atom. The number of H-pyrrole nitrogens is 1. The van der Waals surface area contributed by atoms with E-state index in [0.29, 0.717) is 35.4 Å². The number of rotatable bonds is 5. The van der Waals surface area contributed by atoms with Gasteiger partial charge in [-0.3, -0.25) is 4.79 Å². The third-order valence-corrected chi connectivity index (χ3v) is 8.25. The number of nitrogens with one attached hydrogen (secondary N) is 1. The van der Waals surface area contributed by atoms with Gasteiger partial charge in [-0.05, 0) is 65.6 Å². The van der Waals surface area contributed by atoms with Crippen molar-refractivity contribution in [2.45, 2.75) is 16.7 Å². The Morgan fingerprint density at radius 3 is 2.50 bits per heavy atom. The molecule has 2 aromatic carbocycles. The summed E-state index contributed by atoms with van der Waals surface area (Å²) in [6.07, 6.45) is 2.47. The standard InChI is InChI=1S/C21H22N2O5S2/c1-27-18-11-13-8-9-23(21(29-3)16(13)12-19(18)28-2)30(25,26)15-5-6-17-14(10-15)4-7-20(24)22-17/h4-7,10-12,21H,8-9H2,1-3H3,(H,22,24). The highest BCUT2D eigenvalue weighted by Crippen LogP contribution is 2.44. The number of methoxy groups -OCH3 is 2. The summed E-state index contributed by atoms with van der Waals surface area (Å²) in [7, 11) is -0.604. The molecule has 30 heavy (non-hydrogen) atoms. The average molecular weight is 447 g/mol. The molecule has 1 aromatic heterocycles. The second-order valence-electron chi connectivity index (χ2n) is 6.93. The van der Waals surface area contributed by atoms with Crippen molar-refractivity contribution >= 4 is 32.7 Å². The van der Waals surface area contributed by atoms with E-state index in [-0.39, 0.29) is 15.8 Å². The first-order chi connectivity index (χ1) is 14.4. The van der Waals surface area contributed by atoms with Crippen molar-refractivity contribution in [3.05, 3.63) is 63.9 Å². The van der Waals surface area contributed by atoms with Gasteiger partial charge in [0.05, 0.1) is 24.5 Å². The van der Waals surface area contributed by atoms with Crippen molar-refractivity contribution in [1.82, 2.24) is 9.29 Å². The lowest BCUT2D eigenvalue weighted by molar-refractivity contribution is 0.347. The Labute approximate surface area is 179 Å². The van der Waals surface area contributed by atoms with Crippen LogP contribution in [0.4, 0.5) is 0 Å². The number of pyridine rings is 1. The fourth-order valence-corrected chi connectivity index (χ4v) is 6.70. The number of benzene rings is 2. The topological polar surface area (TPSA) is 88.7 Å². The molecule has 1 unspecified atom stereocenters. The number of ether oxygens (including phenoxy) is 2. The van der Waals surface area contributed by atoms with Crippen LogP contribution in [0.3, 0.4) is 0 Å². The molecule has 9 heteroatoms. The molecule has 0 amide bonds. The number of thioether (sulfide) groups is 1. The number of hydrogen-bond donors (Lipinski definition) is 1. The van der Waals surface area contributed by atoms with Crippen molar-refractivity contribution in [1.29, 1.82) is 0 Å². The minimum atomic E-state index is -3.75. The molecule has 0 saturated carbocycles. The van der Waals surface area contributed by atoms with Crippen LogP contribution in [-0.4, -0.2) is 44.7 Å². The molecule has 1 aliphatic rings. The lowest BCUT2D eigenvalue weighted by Gasteiger charge is -2.35. The lowest BCUT2D eigenvalue weighted by Crippen LogP contribution is -2.38. The van der Waals surface area contributed by atoms with Crippen molar-refractivity contribution < 1.29 is 17.9 Å². The third kappa shape index (κ3) is 3.46. The fourth-order valence-electron chi connectivity index (χ4n) is 3.81. The van der Waals surface area contributed by atoms with Crippen LogP contribution in [0.2, 0.25) is 0 Å². The van der Waals surface area contributed by atoms with Gasteiger partial charge in [0.15, 0.2) is 11.5 Å². The van der Waals surface area contributed by atoms with Gasteiger partial charge in [0, 0.05) is 18.1 Å². The van der Waals surface area contributed by atoms with Gasteiger partial charge in [-0.25, -0.2) is 8.42 Å². The van der Waals surface area contributed by atoms with Crippen LogP contribution in [0.1, 0.15) is 16.5 Å². The largest absolute Gasteiger partial charge is 0.493 e. The quantitative estimate of drug-likeness (QED) is 0.648. The molecule has 1 aliphatic heterocycles. The first-order valence-electron chi connectivity index (χ1n) is 9.31. The Bertz CT molecular complexity index is 1270. The van der Waals surface area contributed by atoms with Crippen LogP contribution in [0.25, 0.3) is 10.9 Å². The van der Waals surface area contributed by atoms with Gasteiger partial charge < -0.3 is 14.5 Å². The van der Waals surface area contributed by atoms with Gasteiger partial charge in [0.2, 0.25) is 15.6 Å². The summed E-state index contributed by atoms with van der Waals surface area (Å²) >= 11 is 1.46. The Kier molecular flexibility index (Phi) is 5.52. The van der Waals surface area contributed by atoms with E-state index >= 15 is 0 Å². The minimum Gasteiger partial charge on any atom is -0.493 e. The van der Waals surface area contributed by atoms with Gasteiger partial charge in [-0.15, -0.1) is 11.8 Å². The van der Waals surface area contributed by atoms with Crippen LogP contribution in [0.5, 0.6) is 11.5 Å². The molecule has 0 bridgehead atoms. The number of sulfonamides is 1. The summed E-state index contributed by atoms with van der Waals surface area (Å²) in [5.41, 5.74) is 2.33. The maximum absolute atomic E-state index is 13.5. The molecule has 3 aromatic rings. The highest BCUT2D eigenvalue weighted by atomic mass is 32.2. The zero-order valence-corrected chi connectivity index (χ0v) is 18.5. The molecule has 1 atom stereocenters. The molecule has 0 aliphatic carbocycles. The number of aromatic amines is 1. The number of nitrogens with zero attached hydrogens (tertiary/aromatic N) is 1. The lowest BCUT2D eigenvalue weighted by atomic mass is 10.00. The summed E-state index contributed by atoms with van der Waals surface area (Å²) in [6.45, 7) is 0.361. The molecule has 0 saturated heterocycles. The summed E-state index contributed by atoms with van der Waals surface area (Å²) in [5, 5.41) is 0.282. The van der Waals surface area contributed by atoms with E-state index in [0.717, 1.165) is 11.1 Å². The molecular formula is C21H22N2O5S2. The Balaban J connectivity index is 1.78. The molecule has 7 nitrogen and oxygen atoms in total. The van der Waals surface area contributed by atoms with E-state index < -0.39 is 10.0 Å². The Morgan fingerprint density at radius 1 is 1.07 bits per heavy atom. The van der Waals surface area contributed by atoms with E-state index in [9.17, 15) is 13.2 Å².